The van der Waals surface area contributed by atoms with E-state index in [0.29, 0.717) is 17.2 Å². The number of carbonyl (C=O) groups is 2. The highest BCUT2D eigenvalue weighted by Gasteiger charge is 2.26. The Morgan fingerprint density at radius 2 is 2.13 bits per heavy atom. The van der Waals surface area contributed by atoms with E-state index in [1.807, 2.05) is 0 Å². The van der Waals surface area contributed by atoms with E-state index in [1.54, 1.807) is 31.2 Å². The van der Waals surface area contributed by atoms with Crippen LogP contribution in [0.1, 0.15) is 13.3 Å². The number of ether oxygens (including phenoxy) is 2. The van der Waals surface area contributed by atoms with E-state index in [9.17, 15) is 9.59 Å². The van der Waals surface area contributed by atoms with E-state index >= 15 is 0 Å². The fraction of sp³-hybridized carbons (Fsp3) is 0.375. The van der Waals surface area contributed by atoms with Crippen LogP contribution < -0.4 is 10.1 Å². The lowest BCUT2D eigenvalue weighted by molar-refractivity contribution is -0.144. The number of hydrogen-bond donors (Lipinski definition) is 2. The van der Waals surface area contributed by atoms with Gasteiger partial charge in [-0.25, -0.2) is 4.79 Å². The van der Waals surface area contributed by atoms with Gasteiger partial charge in [-0.3, -0.25) is 4.79 Å². The average molecular weight is 342 g/mol. The summed E-state index contributed by atoms with van der Waals surface area (Å²) in [6.45, 7) is 5.27. The van der Waals surface area contributed by atoms with Gasteiger partial charge in [0, 0.05) is 0 Å². The average Bonchev–Trinajstić information content (AvgIpc) is 2.53. The molecule has 0 fully saturated rings. The second-order valence-electron chi connectivity index (χ2n) is 4.67. The number of benzene rings is 1. The molecule has 0 aliphatic rings. The summed E-state index contributed by atoms with van der Waals surface area (Å²) < 4.78 is 10.7. The summed E-state index contributed by atoms with van der Waals surface area (Å²) in [5, 5.41) is 11.9. The lowest BCUT2D eigenvalue weighted by Gasteiger charge is -2.21. The molecule has 0 aliphatic heterocycles. The van der Waals surface area contributed by atoms with Gasteiger partial charge in [0.2, 0.25) is 0 Å². The van der Waals surface area contributed by atoms with Crippen LogP contribution in [0.3, 0.4) is 0 Å². The summed E-state index contributed by atoms with van der Waals surface area (Å²) in [4.78, 5) is 23.4. The van der Waals surface area contributed by atoms with Crippen LogP contribution in [0.5, 0.6) is 5.75 Å². The Morgan fingerprint density at radius 1 is 1.43 bits per heavy atom. The Labute approximate surface area is 140 Å². The minimum Gasteiger partial charge on any atom is -0.480 e. The molecule has 7 heteroatoms. The molecule has 0 aromatic heterocycles. The first-order valence-electron chi connectivity index (χ1n) is 7.12. The van der Waals surface area contributed by atoms with Gasteiger partial charge in [0.15, 0.2) is 12.1 Å². The maximum Gasteiger partial charge on any atom is 0.328 e. The van der Waals surface area contributed by atoms with Crippen molar-refractivity contribution in [2.45, 2.75) is 25.5 Å². The summed E-state index contributed by atoms with van der Waals surface area (Å²) in [5.74, 6) is -1.36. The second-order valence-corrected chi connectivity index (χ2v) is 5.08. The SMILES string of the molecule is C=CCOCC(NC(=O)C(CC)Oc1ccccc1Cl)C(=O)O. The molecule has 1 aromatic rings. The largest absolute Gasteiger partial charge is 0.480 e. The molecule has 0 radical (unpaired) electrons. The van der Waals surface area contributed by atoms with E-state index < -0.39 is 24.0 Å². The molecule has 0 spiro atoms. The molecule has 1 amide bonds. The van der Waals surface area contributed by atoms with Gasteiger partial charge in [0.25, 0.3) is 5.91 Å². The Balaban J connectivity index is 2.69. The molecule has 23 heavy (non-hydrogen) atoms. The number of carboxylic acid groups (broad SMARTS) is 1. The number of halogens is 1. The van der Waals surface area contributed by atoms with Crippen LogP contribution in [0.4, 0.5) is 0 Å². The second kappa shape index (κ2) is 9.86. The number of para-hydroxylation sites is 1. The molecule has 0 saturated heterocycles. The minimum atomic E-state index is -1.19. The summed E-state index contributed by atoms with van der Waals surface area (Å²) in [7, 11) is 0. The third-order valence-corrected chi connectivity index (χ3v) is 3.22. The van der Waals surface area contributed by atoms with Crippen LogP contribution in [0.15, 0.2) is 36.9 Å². The van der Waals surface area contributed by atoms with Gasteiger partial charge in [-0.2, -0.15) is 0 Å². The minimum absolute atomic E-state index is 0.157. The quantitative estimate of drug-likeness (QED) is 0.503. The predicted octanol–water partition coefficient (Wildman–Crippen LogP) is 2.27. The third-order valence-electron chi connectivity index (χ3n) is 2.90. The molecule has 2 unspecified atom stereocenters. The molecular formula is C16H20ClNO5. The monoisotopic (exact) mass is 341 g/mol. The fourth-order valence-corrected chi connectivity index (χ4v) is 1.90. The number of carbonyl (C=O) groups excluding carboxylic acids is 1. The number of rotatable bonds is 10. The fourth-order valence-electron chi connectivity index (χ4n) is 1.72. The van der Waals surface area contributed by atoms with Gasteiger partial charge < -0.3 is 19.9 Å². The molecule has 0 heterocycles. The maximum atomic E-state index is 12.2. The van der Waals surface area contributed by atoms with Crippen molar-refractivity contribution in [3.05, 3.63) is 41.9 Å². The molecule has 0 aliphatic carbocycles. The van der Waals surface area contributed by atoms with Crippen molar-refractivity contribution in [1.29, 1.82) is 0 Å². The standard InChI is InChI=1S/C16H20ClNO5/c1-3-9-22-10-12(16(20)21)18-15(19)13(4-2)23-14-8-6-5-7-11(14)17/h3,5-8,12-13H,1,4,9-10H2,2H3,(H,18,19)(H,20,21). The van der Waals surface area contributed by atoms with Crippen molar-refractivity contribution in [2.24, 2.45) is 0 Å². The highest BCUT2D eigenvalue weighted by Crippen LogP contribution is 2.24. The molecule has 2 atom stereocenters. The molecular weight excluding hydrogens is 322 g/mol. The number of carboxylic acids is 1. The van der Waals surface area contributed by atoms with Crippen LogP contribution in [0.2, 0.25) is 5.02 Å². The number of amides is 1. The zero-order chi connectivity index (χ0) is 17.2. The van der Waals surface area contributed by atoms with Crippen molar-refractivity contribution in [3.8, 4) is 5.75 Å². The van der Waals surface area contributed by atoms with Gasteiger partial charge in [0.05, 0.1) is 18.2 Å². The Hall–Kier alpha value is -2.05. The highest BCUT2D eigenvalue weighted by molar-refractivity contribution is 6.32. The van der Waals surface area contributed by atoms with E-state index in [1.165, 1.54) is 6.08 Å². The topological polar surface area (TPSA) is 84.9 Å². The Bertz CT molecular complexity index is 549. The van der Waals surface area contributed by atoms with Gasteiger partial charge in [-0.15, -0.1) is 6.58 Å². The molecule has 2 N–H and O–H groups in total. The van der Waals surface area contributed by atoms with Gasteiger partial charge in [0.1, 0.15) is 5.75 Å². The Morgan fingerprint density at radius 3 is 2.70 bits per heavy atom. The molecule has 1 aromatic carbocycles. The normalized spacial score (nSPS) is 13.0. The van der Waals surface area contributed by atoms with Crippen molar-refractivity contribution >= 4 is 23.5 Å². The molecule has 1 rings (SSSR count). The smallest absolute Gasteiger partial charge is 0.328 e. The van der Waals surface area contributed by atoms with E-state index in [2.05, 4.69) is 11.9 Å². The highest BCUT2D eigenvalue weighted by atomic mass is 35.5. The molecule has 0 bridgehead atoms. The molecule has 6 nitrogen and oxygen atoms in total. The zero-order valence-corrected chi connectivity index (χ0v) is 13.6. The molecule has 126 valence electrons. The lowest BCUT2D eigenvalue weighted by atomic mass is 10.2. The van der Waals surface area contributed by atoms with Gasteiger partial charge >= 0.3 is 5.97 Å². The van der Waals surface area contributed by atoms with Crippen molar-refractivity contribution < 1.29 is 24.2 Å². The Kier molecular flexibility index (Phi) is 8.15. The first kappa shape index (κ1) is 19.0. The molecule has 0 saturated carbocycles. The third kappa shape index (κ3) is 6.30. The maximum absolute atomic E-state index is 12.2. The number of nitrogens with one attached hydrogen (secondary N) is 1. The van der Waals surface area contributed by atoms with E-state index in [0.717, 1.165) is 0 Å². The van der Waals surface area contributed by atoms with Crippen molar-refractivity contribution in [3.63, 3.8) is 0 Å². The summed E-state index contributed by atoms with van der Waals surface area (Å²) in [6, 6.07) is 5.60. The van der Waals surface area contributed by atoms with Crippen molar-refractivity contribution in [1.82, 2.24) is 5.32 Å². The first-order chi connectivity index (χ1) is 11.0. The van der Waals surface area contributed by atoms with Crippen LogP contribution >= 0.6 is 11.6 Å². The van der Waals surface area contributed by atoms with Crippen LogP contribution in [0.25, 0.3) is 0 Å². The number of hydrogen-bond acceptors (Lipinski definition) is 4. The summed E-state index contributed by atoms with van der Waals surface area (Å²) >= 11 is 5.99. The van der Waals surface area contributed by atoms with Crippen LogP contribution in [-0.2, 0) is 14.3 Å². The van der Waals surface area contributed by atoms with Crippen LogP contribution in [-0.4, -0.2) is 42.3 Å². The summed E-state index contributed by atoms with van der Waals surface area (Å²) in [6.07, 6.45) is 1.00. The summed E-state index contributed by atoms with van der Waals surface area (Å²) in [5.41, 5.74) is 0. The number of aliphatic carboxylic acids is 1. The van der Waals surface area contributed by atoms with Crippen LogP contribution in [0, 0.1) is 0 Å². The zero-order valence-electron chi connectivity index (χ0n) is 12.8. The van der Waals surface area contributed by atoms with Crippen molar-refractivity contribution in [2.75, 3.05) is 13.2 Å². The van der Waals surface area contributed by atoms with E-state index in [4.69, 9.17) is 26.2 Å². The van der Waals surface area contributed by atoms with Gasteiger partial charge in [-0.05, 0) is 18.6 Å². The predicted molar refractivity (Wildman–Crippen MR) is 86.7 cm³/mol. The van der Waals surface area contributed by atoms with Gasteiger partial charge in [-0.1, -0.05) is 36.7 Å². The van der Waals surface area contributed by atoms with E-state index in [-0.39, 0.29) is 13.2 Å². The lowest BCUT2D eigenvalue weighted by Crippen LogP contribution is -2.49. The first-order valence-corrected chi connectivity index (χ1v) is 7.50.